The molecule has 0 saturated carbocycles. The minimum Gasteiger partial charge on any atom is -0.397 e. The normalized spacial score (nSPS) is 10.7. The van der Waals surface area contributed by atoms with Gasteiger partial charge in [0.1, 0.15) is 5.02 Å². The molecule has 18 heavy (non-hydrogen) atoms. The van der Waals surface area contributed by atoms with Crippen LogP contribution < -0.4 is 16.4 Å². The topological polar surface area (TPSA) is 75.5 Å². The Bertz CT molecular complexity index is 415. The van der Waals surface area contributed by atoms with E-state index in [0.29, 0.717) is 6.54 Å². The predicted molar refractivity (Wildman–Crippen MR) is 74.4 cm³/mol. The van der Waals surface area contributed by atoms with E-state index >= 15 is 0 Å². The number of unbranched alkanes of at least 4 members (excludes halogenated alkanes) is 2. The summed E-state index contributed by atoms with van der Waals surface area (Å²) in [6.07, 6.45) is 2.47. The molecule has 0 saturated heterocycles. The number of nitrogens with zero attached hydrogens (tertiary/aromatic N) is 1. The Morgan fingerprint density at radius 3 is 2.56 bits per heavy atom. The van der Waals surface area contributed by atoms with E-state index in [0.717, 1.165) is 19.3 Å². The molecule has 0 bridgehead atoms. The first kappa shape index (κ1) is 14.9. The van der Waals surface area contributed by atoms with Crippen molar-refractivity contribution in [2.75, 3.05) is 36.6 Å². The quantitative estimate of drug-likeness (QED) is 0.550. The first-order chi connectivity index (χ1) is 8.49. The number of nitrogens with two attached hydrogens (primary N) is 2. The van der Waals surface area contributed by atoms with Crippen LogP contribution in [0.25, 0.3) is 0 Å². The van der Waals surface area contributed by atoms with Crippen molar-refractivity contribution in [1.82, 2.24) is 0 Å². The second kappa shape index (κ2) is 6.66. The zero-order valence-electron chi connectivity index (χ0n) is 10.4. The molecule has 1 aromatic rings. The lowest BCUT2D eigenvalue weighted by molar-refractivity contribution is 0.283. The number of nitrogen functional groups attached to an aromatic ring is 2. The lowest BCUT2D eigenvalue weighted by atomic mass is 10.2. The summed E-state index contributed by atoms with van der Waals surface area (Å²) in [5.41, 5.74) is 12.0. The highest BCUT2D eigenvalue weighted by Gasteiger charge is 2.17. The Hall–Kier alpha value is -1.20. The van der Waals surface area contributed by atoms with Gasteiger partial charge in [-0.2, -0.15) is 0 Å². The summed E-state index contributed by atoms with van der Waals surface area (Å²) in [5.74, 6) is -0.584. The highest BCUT2D eigenvalue weighted by molar-refractivity contribution is 6.33. The Morgan fingerprint density at radius 1 is 1.28 bits per heavy atom. The largest absolute Gasteiger partial charge is 0.397 e. The molecule has 0 aliphatic carbocycles. The van der Waals surface area contributed by atoms with Crippen LogP contribution in [-0.2, 0) is 0 Å². The van der Waals surface area contributed by atoms with Gasteiger partial charge in [0.15, 0.2) is 5.82 Å². The molecule has 0 heterocycles. The molecule has 0 radical (unpaired) electrons. The zero-order chi connectivity index (χ0) is 13.7. The third kappa shape index (κ3) is 3.40. The molecule has 6 heteroatoms. The highest BCUT2D eigenvalue weighted by atomic mass is 35.5. The van der Waals surface area contributed by atoms with E-state index in [9.17, 15) is 4.39 Å². The number of hydrogen-bond donors (Lipinski definition) is 3. The zero-order valence-corrected chi connectivity index (χ0v) is 11.2. The molecule has 0 aliphatic rings. The van der Waals surface area contributed by atoms with Gasteiger partial charge in [0.2, 0.25) is 0 Å². The van der Waals surface area contributed by atoms with Gasteiger partial charge in [0, 0.05) is 20.2 Å². The molecule has 0 aliphatic heterocycles. The maximum Gasteiger partial charge on any atom is 0.169 e. The molecular weight excluding hydrogens is 257 g/mol. The van der Waals surface area contributed by atoms with Crippen LogP contribution in [-0.4, -0.2) is 25.3 Å². The van der Waals surface area contributed by atoms with Crippen molar-refractivity contribution in [3.63, 3.8) is 0 Å². The summed E-state index contributed by atoms with van der Waals surface area (Å²) < 4.78 is 14.0. The Morgan fingerprint density at radius 2 is 1.94 bits per heavy atom. The van der Waals surface area contributed by atoms with Gasteiger partial charge >= 0.3 is 0 Å². The number of hydrogen-bond acceptors (Lipinski definition) is 4. The fourth-order valence-corrected chi connectivity index (χ4v) is 1.94. The van der Waals surface area contributed by atoms with Crippen molar-refractivity contribution in [2.24, 2.45) is 0 Å². The van der Waals surface area contributed by atoms with Crippen LogP contribution in [0.3, 0.4) is 0 Å². The Labute approximate surface area is 111 Å². The molecule has 0 unspecified atom stereocenters. The number of anilines is 3. The minimum absolute atomic E-state index is 0.0959. The maximum atomic E-state index is 14.0. The van der Waals surface area contributed by atoms with Crippen LogP contribution in [0, 0.1) is 5.82 Å². The van der Waals surface area contributed by atoms with Crippen LogP contribution in [0.2, 0.25) is 5.02 Å². The van der Waals surface area contributed by atoms with Crippen LogP contribution in [0.5, 0.6) is 0 Å². The van der Waals surface area contributed by atoms with Gasteiger partial charge in [-0.15, -0.1) is 0 Å². The summed E-state index contributed by atoms with van der Waals surface area (Å²) in [5, 5.41) is 8.58. The first-order valence-corrected chi connectivity index (χ1v) is 6.21. The van der Waals surface area contributed by atoms with E-state index in [-0.39, 0.29) is 28.7 Å². The number of aliphatic hydroxyl groups excluding tert-OH is 1. The molecule has 1 aromatic carbocycles. The third-order valence-electron chi connectivity index (χ3n) is 2.77. The van der Waals surface area contributed by atoms with E-state index in [1.165, 1.54) is 6.07 Å². The van der Waals surface area contributed by atoms with Crippen molar-refractivity contribution in [3.05, 3.63) is 16.9 Å². The van der Waals surface area contributed by atoms with Crippen molar-refractivity contribution in [1.29, 1.82) is 0 Å². The fourth-order valence-electron chi connectivity index (χ4n) is 1.79. The van der Waals surface area contributed by atoms with Crippen LogP contribution >= 0.6 is 11.6 Å². The number of rotatable bonds is 6. The second-order valence-electron chi connectivity index (χ2n) is 4.24. The number of aliphatic hydroxyl groups is 1. The van der Waals surface area contributed by atoms with Gasteiger partial charge < -0.3 is 21.5 Å². The summed E-state index contributed by atoms with van der Waals surface area (Å²) in [7, 11) is 1.75. The van der Waals surface area contributed by atoms with Crippen LogP contribution in [0.1, 0.15) is 19.3 Å². The lowest BCUT2D eigenvalue weighted by Crippen LogP contribution is -2.21. The van der Waals surface area contributed by atoms with E-state index in [2.05, 4.69) is 0 Å². The highest BCUT2D eigenvalue weighted by Crippen LogP contribution is 2.35. The van der Waals surface area contributed by atoms with Crippen molar-refractivity contribution >= 4 is 28.7 Å². The molecule has 102 valence electrons. The lowest BCUT2D eigenvalue weighted by Gasteiger charge is -2.22. The van der Waals surface area contributed by atoms with Gasteiger partial charge in [-0.1, -0.05) is 11.6 Å². The maximum absolute atomic E-state index is 14.0. The molecule has 0 amide bonds. The molecule has 0 atom stereocenters. The van der Waals surface area contributed by atoms with Crippen molar-refractivity contribution in [3.8, 4) is 0 Å². The van der Waals surface area contributed by atoms with Gasteiger partial charge in [-0.05, 0) is 25.3 Å². The molecule has 0 fully saturated rings. The minimum atomic E-state index is -0.584. The second-order valence-corrected chi connectivity index (χ2v) is 4.62. The van der Waals surface area contributed by atoms with Crippen LogP contribution in [0.15, 0.2) is 6.07 Å². The van der Waals surface area contributed by atoms with E-state index in [1.54, 1.807) is 11.9 Å². The average molecular weight is 276 g/mol. The van der Waals surface area contributed by atoms with Gasteiger partial charge in [0.05, 0.1) is 17.1 Å². The molecule has 4 nitrogen and oxygen atoms in total. The Kier molecular flexibility index (Phi) is 5.50. The summed E-state index contributed by atoms with van der Waals surface area (Å²) in [6, 6.07) is 1.46. The summed E-state index contributed by atoms with van der Waals surface area (Å²) in [6.45, 7) is 0.815. The average Bonchev–Trinajstić information content (AvgIpc) is 2.32. The third-order valence-corrected chi connectivity index (χ3v) is 3.16. The molecule has 0 spiro atoms. The molecular formula is C12H19ClFN3O. The van der Waals surface area contributed by atoms with Gasteiger partial charge in [-0.25, -0.2) is 4.39 Å². The first-order valence-electron chi connectivity index (χ1n) is 5.84. The standard InChI is InChI=1S/C12H19ClFN3O/c1-17(5-3-2-4-6-18)12-9(16)7-8(15)10(13)11(12)14/h7,18H,2-6,15-16H2,1H3. The monoisotopic (exact) mass is 275 g/mol. The van der Waals surface area contributed by atoms with E-state index < -0.39 is 5.82 Å². The van der Waals surface area contributed by atoms with Crippen molar-refractivity contribution < 1.29 is 9.50 Å². The molecule has 5 N–H and O–H groups in total. The summed E-state index contributed by atoms with van der Waals surface area (Å²) in [4.78, 5) is 1.72. The van der Waals surface area contributed by atoms with Gasteiger partial charge in [0.25, 0.3) is 0 Å². The van der Waals surface area contributed by atoms with Gasteiger partial charge in [-0.3, -0.25) is 0 Å². The number of halogens is 2. The molecule has 0 aromatic heterocycles. The van der Waals surface area contributed by atoms with E-state index in [1.807, 2.05) is 0 Å². The number of benzene rings is 1. The Balaban J connectivity index is 2.79. The van der Waals surface area contributed by atoms with Crippen LogP contribution in [0.4, 0.5) is 21.5 Å². The van der Waals surface area contributed by atoms with E-state index in [4.69, 9.17) is 28.2 Å². The summed E-state index contributed by atoms with van der Waals surface area (Å²) >= 11 is 5.77. The predicted octanol–water partition coefficient (Wildman–Crippen LogP) is 2.24. The van der Waals surface area contributed by atoms with Crippen molar-refractivity contribution in [2.45, 2.75) is 19.3 Å². The SMILES string of the molecule is CN(CCCCCO)c1c(N)cc(N)c(Cl)c1F. The fraction of sp³-hybridized carbons (Fsp3) is 0.500. The smallest absolute Gasteiger partial charge is 0.169 e. The molecule has 1 rings (SSSR count).